The zero-order valence-corrected chi connectivity index (χ0v) is 23.1. The van der Waals surface area contributed by atoms with Gasteiger partial charge in [-0.3, -0.25) is 4.79 Å². The summed E-state index contributed by atoms with van der Waals surface area (Å²) in [6, 6.07) is 17.8. The second-order valence-electron chi connectivity index (χ2n) is 9.85. The number of thiophene rings is 1. The summed E-state index contributed by atoms with van der Waals surface area (Å²) in [5.74, 6) is -2.86. The standard InChI is InChI=1S/C30H21F2N3O4S2/c1-17-2-6-21(7-3-17)41(38,39)35-26-9-4-19(31)12-24(26)28(22-10-11-40-27(22)14-33)29(35)23-13-20(5-8-25(23)32)34-15-18(16-34)30(36)37/h2-13,18H,15-16H2,1H3,(H,36,37). The minimum absolute atomic E-state index is 0.0495. The Labute approximate surface area is 238 Å². The van der Waals surface area contributed by atoms with Gasteiger partial charge in [0.05, 0.1) is 22.0 Å². The summed E-state index contributed by atoms with van der Waals surface area (Å²) in [4.78, 5) is 13.3. The van der Waals surface area contributed by atoms with E-state index in [1.54, 1.807) is 28.5 Å². The van der Waals surface area contributed by atoms with Crippen LogP contribution in [-0.2, 0) is 14.8 Å². The van der Waals surface area contributed by atoms with E-state index in [0.29, 0.717) is 11.3 Å². The molecule has 3 aromatic carbocycles. The fourth-order valence-corrected chi connectivity index (χ4v) is 7.38. The Kier molecular flexibility index (Phi) is 6.40. The quantitative estimate of drug-likeness (QED) is 0.251. The second kappa shape index (κ2) is 9.83. The van der Waals surface area contributed by atoms with Gasteiger partial charge in [0.1, 0.15) is 22.6 Å². The van der Waals surface area contributed by atoms with Crippen LogP contribution in [0.3, 0.4) is 0 Å². The molecule has 41 heavy (non-hydrogen) atoms. The van der Waals surface area contributed by atoms with Crippen molar-refractivity contribution < 1.29 is 27.1 Å². The third-order valence-corrected chi connectivity index (χ3v) is 9.83. The molecule has 1 saturated heterocycles. The van der Waals surface area contributed by atoms with Gasteiger partial charge >= 0.3 is 5.97 Å². The van der Waals surface area contributed by atoms with E-state index in [2.05, 4.69) is 6.07 Å². The lowest BCUT2D eigenvalue weighted by atomic mass is 9.96. The van der Waals surface area contributed by atoms with E-state index in [0.717, 1.165) is 26.9 Å². The largest absolute Gasteiger partial charge is 0.481 e. The van der Waals surface area contributed by atoms with Gasteiger partial charge in [-0.05, 0) is 66.9 Å². The third-order valence-electron chi connectivity index (χ3n) is 7.28. The number of hydrogen-bond acceptors (Lipinski definition) is 6. The molecule has 1 aliphatic heterocycles. The van der Waals surface area contributed by atoms with E-state index in [4.69, 9.17) is 0 Å². The zero-order chi connectivity index (χ0) is 29.1. The van der Waals surface area contributed by atoms with Crippen molar-refractivity contribution in [2.45, 2.75) is 11.8 Å². The van der Waals surface area contributed by atoms with Crippen molar-refractivity contribution in [3.63, 3.8) is 0 Å². The first-order valence-corrected chi connectivity index (χ1v) is 14.8. The van der Waals surface area contributed by atoms with Gasteiger partial charge in [-0.2, -0.15) is 5.26 Å². The second-order valence-corrected chi connectivity index (χ2v) is 12.5. The lowest BCUT2D eigenvalue weighted by molar-refractivity contribution is -0.142. The molecule has 11 heteroatoms. The van der Waals surface area contributed by atoms with Crippen LogP contribution in [0.25, 0.3) is 33.3 Å². The average Bonchev–Trinajstić information content (AvgIpc) is 3.50. The van der Waals surface area contributed by atoms with Gasteiger partial charge < -0.3 is 10.0 Å². The molecular formula is C30H21F2N3O4S2. The number of hydrogen-bond donors (Lipinski definition) is 1. The van der Waals surface area contributed by atoms with Crippen LogP contribution < -0.4 is 4.90 Å². The van der Waals surface area contributed by atoms with E-state index in [9.17, 15) is 28.0 Å². The van der Waals surface area contributed by atoms with Crippen LogP contribution in [0.5, 0.6) is 0 Å². The first kappa shape index (κ1) is 26.7. The van der Waals surface area contributed by atoms with E-state index >= 15 is 4.39 Å². The minimum atomic E-state index is -4.37. The fourth-order valence-electron chi connectivity index (χ4n) is 5.15. The van der Waals surface area contributed by atoms with Crippen molar-refractivity contribution in [3.8, 4) is 28.5 Å². The summed E-state index contributed by atoms with van der Waals surface area (Å²) in [7, 11) is -4.37. The molecule has 6 rings (SSSR count). The van der Waals surface area contributed by atoms with Gasteiger partial charge in [-0.1, -0.05) is 17.7 Å². The summed E-state index contributed by atoms with van der Waals surface area (Å²) in [5.41, 5.74) is 1.87. The summed E-state index contributed by atoms with van der Waals surface area (Å²) in [6.45, 7) is 2.25. The van der Waals surface area contributed by atoms with Gasteiger partial charge in [-0.25, -0.2) is 21.2 Å². The molecule has 1 fully saturated rings. The molecule has 2 aromatic heterocycles. The molecule has 0 unspecified atom stereocenters. The predicted molar refractivity (Wildman–Crippen MR) is 152 cm³/mol. The van der Waals surface area contributed by atoms with Gasteiger partial charge in [0.15, 0.2) is 0 Å². The molecule has 0 radical (unpaired) electrons. The zero-order valence-electron chi connectivity index (χ0n) is 21.5. The van der Waals surface area contributed by atoms with Crippen LogP contribution in [0.1, 0.15) is 10.4 Å². The number of rotatable bonds is 6. The molecule has 7 nitrogen and oxygen atoms in total. The number of aliphatic carboxylic acids is 1. The Morgan fingerprint density at radius 3 is 2.44 bits per heavy atom. The van der Waals surface area contributed by atoms with E-state index in [1.165, 1.54) is 42.5 Å². The van der Waals surface area contributed by atoms with Crippen LogP contribution in [0.2, 0.25) is 0 Å². The Hall–Kier alpha value is -4.53. The van der Waals surface area contributed by atoms with Gasteiger partial charge in [0, 0.05) is 40.9 Å². The van der Waals surface area contributed by atoms with Crippen LogP contribution in [-0.4, -0.2) is 36.6 Å². The van der Waals surface area contributed by atoms with Crippen molar-refractivity contribution in [2.24, 2.45) is 5.92 Å². The molecule has 3 heterocycles. The van der Waals surface area contributed by atoms with E-state index < -0.39 is 33.5 Å². The summed E-state index contributed by atoms with van der Waals surface area (Å²) in [5, 5.41) is 21.0. The molecule has 0 spiro atoms. The molecule has 1 aliphatic rings. The van der Waals surface area contributed by atoms with Gasteiger partial charge in [-0.15, -0.1) is 11.3 Å². The summed E-state index contributed by atoms with van der Waals surface area (Å²) < 4.78 is 60.1. The monoisotopic (exact) mass is 589 g/mol. The highest BCUT2D eigenvalue weighted by Crippen LogP contribution is 2.46. The topological polar surface area (TPSA) is 103 Å². The Morgan fingerprint density at radius 1 is 1.02 bits per heavy atom. The smallest absolute Gasteiger partial charge is 0.310 e. The number of aromatic nitrogens is 1. The highest BCUT2D eigenvalue weighted by atomic mass is 32.2. The molecule has 0 aliphatic carbocycles. The van der Waals surface area contributed by atoms with Crippen LogP contribution in [0.4, 0.5) is 14.5 Å². The van der Waals surface area contributed by atoms with Gasteiger partial charge in [0.2, 0.25) is 0 Å². The fraction of sp³-hybridized carbons (Fsp3) is 0.133. The normalized spacial score (nSPS) is 13.8. The maximum Gasteiger partial charge on any atom is 0.310 e. The first-order chi connectivity index (χ1) is 19.6. The SMILES string of the molecule is Cc1ccc(S(=O)(=O)n2c(-c3cc(N4CC(C(=O)O)C4)ccc3F)c(-c3ccsc3C#N)c3cc(F)ccc32)cc1. The lowest BCUT2D eigenvalue weighted by Crippen LogP contribution is -2.50. The number of carboxylic acids is 1. The first-order valence-electron chi connectivity index (χ1n) is 12.5. The lowest BCUT2D eigenvalue weighted by Gasteiger charge is -2.38. The average molecular weight is 590 g/mol. The van der Waals surface area contributed by atoms with Crippen molar-refractivity contribution in [1.29, 1.82) is 5.26 Å². The molecule has 0 bridgehead atoms. The number of carboxylic acid groups (broad SMARTS) is 1. The number of nitrogens with zero attached hydrogens (tertiary/aromatic N) is 3. The third kappa shape index (κ3) is 4.36. The number of carbonyl (C=O) groups is 1. The Bertz CT molecular complexity index is 2000. The van der Waals surface area contributed by atoms with Crippen LogP contribution in [0.15, 0.2) is 77.0 Å². The summed E-state index contributed by atoms with van der Waals surface area (Å²) >= 11 is 1.13. The van der Waals surface area contributed by atoms with Crippen molar-refractivity contribution >= 4 is 43.9 Å². The number of halogens is 2. The molecular weight excluding hydrogens is 568 g/mol. The highest BCUT2D eigenvalue weighted by molar-refractivity contribution is 7.90. The van der Waals surface area contributed by atoms with E-state index in [-0.39, 0.29) is 50.6 Å². The van der Waals surface area contributed by atoms with Crippen LogP contribution >= 0.6 is 11.3 Å². The van der Waals surface area contributed by atoms with E-state index in [1.807, 2.05) is 6.92 Å². The maximum atomic E-state index is 15.8. The van der Waals surface area contributed by atoms with Crippen molar-refractivity contribution in [1.82, 2.24) is 3.97 Å². The molecule has 1 N–H and O–H groups in total. The number of fused-ring (bicyclic) bond motifs is 1. The van der Waals surface area contributed by atoms with Gasteiger partial charge in [0.25, 0.3) is 10.0 Å². The van der Waals surface area contributed by atoms with Crippen LogP contribution in [0, 0.1) is 35.8 Å². The Morgan fingerprint density at radius 2 is 1.76 bits per heavy atom. The molecule has 0 atom stereocenters. The number of benzene rings is 3. The van der Waals surface area contributed by atoms with Crippen molar-refractivity contribution in [3.05, 3.63) is 94.2 Å². The minimum Gasteiger partial charge on any atom is -0.481 e. The van der Waals surface area contributed by atoms with Crippen molar-refractivity contribution in [2.75, 3.05) is 18.0 Å². The number of aryl methyl sites for hydroxylation is 1. The number of anilines is 1. The predicted octanol–water partition coefficient (Wildman–Crippen LogP) is 6.25. The summed E-state index contributed by atoms with van der Waals surface area (Å²) in [6.07, 6.45) is 0. The maximum absolute atomic E-state index is 15.8. The number of nitriles is 1. The highest BCUT2D eigenvalue weighted by Gasteiger charge is 2.35. The molecule has 0 saturated carbocycles. The molecule has 5 aromatic rings. The Balaban J connectivity index is 1.71. The molecule has 206 valence electrons. The molecule has 0 amide bonds.